The van der Waals surface area contributed by atoms with Crippen molar-refractivity contribution in [3.63, 3.8) is 0 Å². The fourth-order valence-electron chi connectivity index (χ4n) is 11.7. The number of carbonyl (C=O) groups excluding carboxylic acids is 1. The quantitative estimate of drug-likeness (QED) is 0.0264. The van der Waals surface area contributed by atoms with Crippen LogP contribution in [-0.4, -0.2) is 167 Å². The number of carbonyl (C=O) groups is 1. The second kappa shape index (κ2) is 59.2. The Hall–Kier alpha value is -0.150. The molecule has 80 heavy (non-hydrogen) atoms. The summed E-state index contributed by atoms with van der Waals surface area (Å²) < 4.78 is 5.74. The fourth-order valence-corrected chi connectivity index (χ4v) is 13.9. The lowest BCUT2D eigenvalue weighted by Crippen LogP contribution is -2.47. The second-order valence-electron chi connectivity index (χ2n) is 25.1. The number of aliphatic hydroxyl groups excluding tert-OH is 4. The third-order valence-corrected chi connectivity index (χ3v) is 19.6. The predicted octanol–water partition coefficient (Wildman–Crippen LogP) is 16.8. The fraction of sp³-hybridized carbons (Fsp3) is 0.985. The molecule has 0 amide bonds. The van der Waals surface area contributed by atoms with Crippen molar-refractivity contribution in [3.05, 3.63) is 0 Å². The van der Waals surface area contributed by atoms with Crippen molar-refractivity contribution >= 4 is 27.6 Å². The van der Waals surface area contributed by atoms with E-state index < -0.39 is 12.2 Å². The Labute approximate surface area is 505 Å². The second-order valence-corrected chi connectivity index (χ2v) is 27.8. The molecule has 0 aromatic carbocycles. The van der Waals surface area contributed by atoms with Crippen LogP contribution in [0.3, 0.4) is 0 Å². The maximum atomic E-state index is 12.9. The van der Waals surface area contributed by atoms with Crippen LogP contribution in [0.25, 0.3) is 0 Å². The van der Waals surface area contributed by atoms with E-state index in [9.17, 15) is 25.2 Å². The van der Waals surface area contributed by atoms with Crippen molar-refractivity contribution in [1.29, 1.82) is 0 Å². The van der Waals surface area contributed by atoms with Gasteiger partial charge in [0.1, 0.15) is 6.61 Å². The molecule has 478 valence electrons. The number of aliphatic hydroxyl groups is 4. The molecule has 0 radical (unpaired) electrons. The first-order valence-corrected chi connectivity index (χ1v) is 37.6. The summed E-state index contributed by atoms with van der Waals surface area (Å²) in [5.41, 5.74) is 0. The highest BCUT2D eigenvalue weighted by molar-refractivity contribution is 8.76. The molecule has 0 bridgehead atoms. The molecule has 5 atom stereocenters. The van der Waals surface area contributed by atoms with Crippen LogP contribution in [0.15, 0.2) is 0 Å². The standard InChI is InChI=1S/C68H138N4O6S2/c1-6-10-14-18-22-26-28-32-36-40-45-66(75)61-72(62-67(76)46-41-37-33-29-27-23-19-15-11-7-2)63(5)48-57-79-80-58-55-70-52-50-69(51-53-70)54-56-78-68(77)47-42-49-71(59-64(73)43-38-34-30-24-20-16-12-8-3)60-65(74)44-39-35-31-25-21-17-13-9-4/h63-67,73-76H,6-62H2,1-5H3. The lowest BCUT2D eigenvalue weighted by atomic mass is 10.0. The Balaban J connectivity index is 2.42. The summed E-state index contributed by atoms with van der Waals surface area (Å²) in [7, 11) is 3.95. The zero-order chi connectivity index (χ0) is 58.2. The Morgan fingerprint density at radius 2 is 0.725 bits per heavy atom. The maximum Gasteiger partial charge on any atom is 0.305 e. The van der Waals surface area contributed by atoms with Gasteiger partial charge in [0.2, 0.25) is 0 Å². The minimum absolute atomic E-state index is 0.145. The van der Waals surface area contributed by atoms with E-state index in [-0.39, 0.29) is 18.2 Å². The number of rotatable bonds is 63. The third-order valence-electron chi connectivity index (χ3n) is 17.2. The normalized spacial score (nSPS) is 15.5. The van der Waals surface area contributed by atoms with Crippen molar-refractivity contribution < 1.29 is 30.0 Å². The molecule has 4 N–H and O–H groups in total. The first kappa shape index (κ1) is 77.9. The SMILES string of the molecule is CCCCCCCCCCCCC(O)CN(CC(O)CCCCCCCCCCCC)C(C)CCSSCCN1CCN(CCOC(=O)CCCN(CC(O)CCCCCCCCCC)CC(O)CCCCCCCCCC)CC1. The maximum absolute atomic E-state index is 12.9. The lowest BCUT2D eigenvalue weighted by Gasteiger charge is -2.34. The predicted molar refractivity (Wildman–Crippen MR) is 351 cm³/mol. The molecule has 1 aliphatic heterocycles. The van der Waals surface area contributed by atoms with E-state index in [0.29, 0.717) is 58.2 Å². The number of esters is 1. The summed E-state index contributed by atoms with van der Waals surface area (Å²) >= 11 is 0. The van der Waals surface area contributed by atoms with Gasteiger partial charge >= 0.3 is 5.97 Å². The first-order valence-electron chi connectivity index (χ1n) is 35.1. The molecule has 10 nitrogen and oxygen atoms in total. The van der Waals surface area contributed by atoms with E-state index in [2.05, 4.69) is 54.2 Å². The number of hydrogen-bond donors (Lipinski definition) is 4. The van der Waals surface area contributed by atoms with E-state index >= 15 is 0 Å². The average molecular weight is 1170 g/mol. The Kier molecular flexibility index (Phi) is 57.6. The van der Waals surface area contributed by atoms with Crippen LogP contribution in [0.2, 0.25) is 0 Å². The van der Waals surface area contributed by atoms with E-state index in [4.69, 9.17) is 4.74 Å². The Morgan fingerprint density at radius 1 is 0.412 bits per heavy atom. The van der Waals surface area contributed by atoms with Crippen molar-refractivity contribution in [1.82, 2.24) is 19.6 Å². The highest BCUT2D eigenvalue weighted by Crippen LogP contribution is 2.25. The number of unbranched alkanes of at least 4 members (excludes halogenated alkanes) is 32. The summed E-state index contributed by atoms with van der Waals surface area (Å²) in [4.78, 5) is 22.5. The topological polar surface area (TPSA) is 120 Å². The van der Waals surface area contributed by atoms with Crippen LogP contribution in [0.5, 0.6) is 0 Å². The molecule has 0 saturated carbocycles. The van der Waals surface area contributed by atoms with Crippen LogP contribution in [0.1, 0.15) is 311 Å². The summed E-state index contributed by atoms with van der Waals surface area (Å²) in [6.07, 6.45) is 50.2. The van der Waals surface area contributed by atoms with Gasteiger partial charge in [-0.05, 0) is 52.0 Å². The van der Waals surface area contributed by atoms with Gasteiger partial charge in [-0.15, -0.1) is 0 Å². The largest absolute Gasteiger partial charge is 0.464 e. The molecule has 1 saturated heterocycles. The third kappa shape index (κ3) is 51.1. The van der Waals surface area contributed by atoms with Gasteiger partial charge in [-0.2, -0.15) is 0 Å². The summed E-state index contributed by atoms with van der Waals surface area (Å²) in [5.74, 6) is 2.03. The molecule has 1 rings (SSSR count). The number of ether oxygens (including phenoxy) is 1. The molecule has 1 fully saturated rings. The van der Waals surface area contributed by atoms with Crippen molar-refractivity contribution in [3.8, 4) is 0 Å². The zero-order valence-electron chi connectivity index (χ0n) is 53.9. The number of nitrogens with zero attached hydrogens (tertiary/aromatic N) is 4. The van der Waals surface area contributed by atoms with Crippen molar-refractivity contribution in [2.75, 3.05) is 90.1 Å². The zero-order valence-corrected chi connectivity index (χ0v) is 55.5. The minimum Gasteiger partial charge on any atom is -0.464 e. The van der Waals surface area contributed by atoms with Gasteiger partial charge in [0.25, 0.3) is 0 Å². The summed E-state index contributed by atoms with van der Waals surface area (Å²) in [5, 5.41) is 44.5. The highest BCUT2D eigenvalue weighted by Gasteiger charge is 2.22. The molecular formula is C68H138N4O6S2. The van der Waals surface area contributed by atoms with Crippen LogP contribution >= 0.6 is 21.6 Å². The van der Waals surface area contributed by atoms with Gasteiger partial charge in [-0.3, -0.25) is 24.4 Å². The molecular weight excluding hydrogens is 1030 g/mol. The van der Waals surface area contributed by atoms with Gasteiger partial charge in [-0.25, -0.2) is 0 Å². The molecule has 0 aromatic rings. The van der Waals surface area contributed by atoms with E-state index in [1.165, 1.54) is 205 Å². The summed E-state index contributed by atoms with van der Waals surface area (Å²) in [6, 6.07) is 0.323. The minimum atomic E-state index is -0.405. The van der Waals surface area contributed by atoms with Crippen LogP contribution in [-0.2, 0) is 9.53 Å². The van der Waals surface area contributed by atoms with Crippen molar-refractivity contribution in [2.24, 2.45) is 0 Å². The van der Waals surface area contributed by atoms with Gasteiger partial charge < -0.3 is 25.2 Å². The first-order chi connectivity index (χ1) is 39.1. The molecule has 0 aliphatic carbocycles. The van der Waals surface area contributed by atoms with Gasteiger partial charge in [0.15, 0.2) is 0 Å². The smallest absolute Gasteiger partial charge is 0.305 e. The lowest BCUT2D eigenvalue weighted by molar-refractivity contribution is -0.144. The van der Waals surface area contributed by atoms with Crippen molar-refractivity contribution in [2.45, 2.75) is 341 Å². The Morgan fingerprint density at radius 3 is 1.09 bits per heavy atom. The molecule has 0 spiro atoms. The molecule has 1 aliphatic rings. The van der Waals surface area contributed by atoms with Gasteiger partial charge in [-0.1, -0.05) is 280 Å². The van der Waals surface area contributed by atoms with E-state index in [1.807, 2.05) is 21.6 Å². The molecule has 0 aromatic heterocycles. The number of piperazine rings is 1. The van der Waals surface area contributed by atoms with Crippen LogP contribution < -0.4 is 0 Å². The molecule has 5 unspecified atom stereocenters. The molecule has 1 heterocycles. The average Bonchev–Trinajstić information content (AvgIpc) is 3.44. The molecule has 12 heteroatoms. The van der Waals surface area contributed by atoms with E-state index in [0.717, 1.165) is 109 Å². The van der Waals surface area contributed by atoms with Crippen LogP contribution in [0.4, 0.5) is 0 Å². The number of hydrogen-bond acceptors (Lipinski definition) is 12. The Bertz CT molecular complexity index is 1210. The van der Waals surface area contributed by atoms with E-state index in [1.54, 1.807) is 0 Å². The van der Waals surface area contributed by atoms with Gasteiger partial charge in [0.05, 0.1) is 24.4 Å². The highest BCUT2D eigenvalue weighted by atomic mass is 33.1. The monoisotopic (exact) mass is 1170 g/mol. The van der Waals surface area contributed by atoms with Crippen LogP contribution in [0, 0.1) is 0 Å². The summed E-state index contributed by atoms with van der Waals surface area (Å²) in [6.45, 7) is 20.9. The van der Waals surface area contributed by atoms with Gasteiger partial charge in [0, 0.05) is 89.4 Å².